The van der Waals surface area contributed by atoms with Crippen molar-refractivity contribution in [1.29, 1.82) is 0 Å². The SMILES string of the molecule is CCOc1cc(Cl)c(Cl)cc1Cl.O=CN1CCN(SCCN2CCC(O)C2)C[C@@H]1CN1CCCC1. The Morgan fingerprint density at radius 2 is 1.77 bits per heavy atom. The summed E-state index contributed by atoms with van der Waals surface area (Å²) in [5.41, 5.74) is 0. The van der Waals surface area contributed by atoms with Crippen molar-refractivity contribution < 1.29 is 14.6 Å². The molecule has 35 heavy (non-hydrogen) atoms. The third-order valence-electron chi connectivity index (χ3n) is 6.50. The first-order valence-electron chi connectivity index (χ1n) is 12.4. The van der Waals surface area contributed by atoms with Crippen molar-refractivity contribution in [1.82, 2.24) is 19.0 Å². The van der Waals surface area contributed by atoms with E-state index in [1.54, 1.807) is 12.1 Å². The van der Waals surface area contributed by atoms with Crippen molar-refractivity contribution in [2.45, 2.75) is 38.3 Å². The van der Waals surface area contributed by atoms with Crippen LogP contribution in [0.4, 0.5) is 0 Å². The van der Waals surface area contributed by atoms with Gasteiger partial charge in [-0.2, -0.15) is 0 Å². The van der Waals surface area contributed by atoms with Crippen LogP contribution in [0, 0.1) is 0 Å². The van der Waals surface area contributed by atoms with E-state index in [0.29, 0.717) is 33.5 Å². The maximum absolute atomic E-state index is 11.3. The number of carbonyl (C=O) groups is 1. The van der Waals surface area contributed by atoms with Crippen LogP contribution in [0.3, 0.4) is 0 Å². The molecule has 4 rings (SSSR count). The smallest absolute Gasteiger partial charge is 0.210 e. The number of hydrogen-bond donors (Lipinski definition) is 1. The van der Waals surface area contributed by atoms with E-state index in [2.05, 4.69) is 14.1 Å². The molecule has 3 heterocycles. The highest BCUT2D eigenvalue weighted by Crippen LogP contribution is 2.33. The topological polar surface area (TPSA) is 59.5 Å². The van der Waals surface area contributed by atoms with Crippen LogP contribution in [0.1, 0.15) is 26.2 Å². The first-order chi connectivity index (χ1) is 16.9. The molecule has 1 aromatic rings. The molecule has 11 heteroatoms. The second-order valence-corrected chi connectivity index (χ2v) is 11.5. The summed E-state index contributed by atoms with van der Waals surface area (Å²) in [7, 11) is 0. The van der Waals surface area contributed by atoms with Gasteiger partial charge < -0.3 is 19.6 Å². The Morgan fingerprint density at radius 1 is 1.03 bits per heavy atom. The van der Waals surface area contributed by atoms with E-state index in [9.17, 15) is 9.90 Å². The molecule has 0 aliphatic carbocycles. The van der Waals surface area contributed by atoms with E-state index in [1.807, 2.05) is 23.8 Å². The molecule has 3 fully saturated rings. The summed E-state index contributed by atoms with van der Waals surface area (Å²) in [5.74, 6) is 1.64. The van der Waals surface area contributed by atoms with E-state index in [1.165, 1.54) is 25.9 Å². The minimum absolute atomic E-state index is 0.124. The fraction of sp³-hybridized carbons (Fsp3) is 0.708. The monoisotopic (exact) mass is 566 g/mol. The lowest BCUT2D eigenvalue weighted by Gasteiger charge is -2.40. The van der Waals surface area contributed by atoms with Crippen LogP contribution in [0.25, 0.3) is 0 Å². The number of aliphatic hydroxyl groups is 1. The minimum Gasteiger partial charge on any atom is -0.492 e. The first kappa shape index (κ1) is 29.1. The third-order valence-corrected chi connectivity index (χ3v) is 8.58. The van der Waals surface area contributed by atoms with E-state index < -0.39 is 0 Å². The standard InChI is InChI=1S/C16H30N4O2S.C8H7Cl3O/c21-14-19-7-8-20(12-15(19)11-17-4-1-2-5-17)23-10-9-18-6-3-16(22)13-18;1-2-12-8-4-6(10)5(9)3-7(8)11/h14-16,22H,1-13H2;3-4H,2H2,1H3/t15-,16?;/m0./s1. The Bertz CT molecular complexity index is 804. The number of nitrogens with zero attached hydrogens (tertiary/aromatic N) is 4. The molecule has 0 bridgehead atoms. The normalized spacial score (nSPS) is 23.9. The Kier molecular flexibility index (Phi) is 12.5. The summed E-state index contributed by atoms with van der Waals surface area (Å²) in [6.07, 6.45) is 4.43. The largest absolute Gasteiger partial charge is 0.492 e. The number of carbonyl (C=O) groups excluding carboxylic acids is 1. The quantitative estimate of drug-likeness (QED) is 0.275. The number of rotatable bonds is 9. The van der Waals surface area contributed by atoms with Gasteiger partial charge in [0.2, 0.25) is 6.41 Å². The molecule has 7 nitrogen and oxygen atoms in total. The number of benzene rings is 1. The lowest BCUT2D eigenvalue weighted by molar-refractivity contribution is -0.122. The predicted molar refractivity (Wildman–Crippen MR) is 146 cm³/mol. The van der Waals surface area contributed by atoms with Crippen molar-refractivity contribution in [2.24, 2.45) is 0 Å². The summed E-state index contributed by atoms with van der Waals surface area (Å²) in [6, 6.07) is 3.51. The molecule has 0 aromatic heterocycles. The molecule has 3 aliphatic rings. The molecule has 1 amide bonds. The Labute approximate surface area is 228 Å². The van der Waals surface area contributed by atoms with Gasteiger partial charge in [0.1, 0.15) is 5.75 Å². The van der Waals surface area contributed by atoms with Crippen LogP contribution in [0.15, 0.2) is 12.1 Å². The van der Waals surface area contributed by atoms with Crippen LogP contribution in [-0.2, 0) is 4.79 Å². The van der Waals surface area contributed by atoms with Crippen LogP contribution < -0.4 is 4.74 Å². The molecule has 198 valence electrons. The van der Waals surface area contributed by atoms with E-state index in [0.717, 1.165) is 64.4 Å². The van der Waals surface area contributed by atoms with Crippen molar-refractivity contribution in [3.8, 4) is 5.75 Å². The number of ether oxygens (including phenoxy) is 1. The average molecular weight is 568 g/mol. The summed E-state index contributed by atoms with van der Waals surface area (Å²) >= 11 is 19.2. The van der Waals surface area contributed by atoms with Crippen LogP contribution in [0.2, 0.25) is 15.1 Å². The summed E-state index contributed by atoms with van der Waals surface area (Å²) in [6.45, 7) is 11.5. The molecule has 1 unspecified atom stereocenters. The number of piperazine rings is 1. The number of amides is 1. The van der Waals surface area contributed by atoms with Gasteiger partial charge in [-0.3, -0.25) is 9.69 Å². The van der Waals surface area contributed by atoms with Gasteiger partial charge in [0.05, 0.1) is 33.8 Å². The molecule has 3 saturated heterocycles. The first-order valence-corrected chi connectivity index (χ1v) is 14.5. The Hall–Kier alpha value is -0.450. The lowest BCUT2D eigenvalue weighted by Crippen LogP contribution is -2.54. The second kappa shape index (κ2) is 15.1. The lowest BCUT2D eigenvalue weighted by atomic mass is 10.2. The highest BCUT2D eigenvalue weighted by Gasteiger charge is 2.29. The summed E-state index contributed by atoms with van der Waals surface area (Å²) < 4.78 is 7.64. The zero-order valence-electron chi connectivity index (χ0n) is 20.4. The molecule has 0 saturated carbocycles. The zero-order valence-corrected chi connectivity index (χ0v) is 23.5. The zero-order chi connectivity index (χ0) is 25.2. The Balaban J connectivity index is 0.000000241. The fourth-order valence-corrected chi connectivity index (χ4v) is 6.29. The van der Waals surface area contributed by atoms with Gasteiger partial charge in [0.15, 0.2) is 0 Å². The van der Waals surface area contributed by atoms with Crippen molar-refractivity contribution >= 4 is 53.2 Å². The fourth-order valence-electron chi connectivity index (χ4n) is 4.61. The summed E-state index contributed by atoms with van der Waals surface area (Å²) in [5, 5.41) is 10.9. The van der Waals surface area contributed by atoms with E-state index in [4.69, 9.17) is 39.5 Å². The molecule has 3 aliphatic heterocycles. The van der Waals surface area contributed by atoms with E-state index >= 15 is 0 Å². The van der Waals surface area contributed by atoms with Gasteiger partial charge in [-0.15, -0.1) is 0 Å². The number of aliphatic hydroxyl groups excluding tert-OH is 1. The van der Waals surface area contributed by atoms with Gasteiger partial charge >= 0.3 is 0 Å². The van der Waals surface area contributed by atoms with Gasteiger partial charge in [-0.05, 0) is 45.3 Å². The second-order valence-electron chi connectivity index (χ2n) is 9.10. The molecular formula is C24H37Cl3N4O3S. The predicted octanol–water partition coefficient (Wildman–Crippen LogP) is 3.99. The molecule has 1 aromatic carbocycles. The van der Waals surface area contributed by atoms with Gasteiger partial charge in [0.25, 0.3) is 0 Å². The van der Waals surface area contributed by atoms with Gasteiger partial charge in [0, 0.05) is 57.6 Å². The van der Waals surface area contributed by atoms with Crippen LogP contribution in [0.5, 0.6) is 5.75 Å². The maximum atomic E-state index is 11.3. The van der Waals surface area contributed by atoms with Crippen molar-refractivity contribution in [2.75, 3.05) is 71.3 Å². The molecule has 2 atom stereocenters. The average Bonchev–Trinajstić information content (AvgIpc) is 3.50. The molecular weight excluding hydrogens is 531 g/mol. The Morgan fingerprint density at radius 3 is 2.43 bits per heavy atom. The number of β-amino-alcohol motifs (C(OH)–C–C–N with tert-alkyl or cyclic N) is 1. The number of likely N-dealkylation sites (tertiary alicyclic amines) is 2. The third kappa shape index (κ3) is 9.42. The van der Waals surface area contributed by atoms with E-state index in [-0.39, 0.29) is 6.10 Å². The van der Waals surface area contributed by atoms with Crippen LogP contribution in [-0.4, -0.2) is 114 Å². The molecule has 1 N–H and O–H groups in total. The van der Waals surface area contributed by atoms with Crippen molar-refractivity contribution in [3.63, 3.8) is 0 Å². The van der Waals surface area contributed by atoms with Gasteiger partial charge in [-0.1, -0.05) is 46.8 Å². The number of hydrogen-bond acceptors (Lipinski definition) is 7. The number of halogens is 3. The highest BCUT2D eigenvalue weighted by atomic mass is 35.5. The van der Waals surface area contributed by atoms with Crippen molar-refractivity contribution in [3.05, 3.63) is 27.2 Å². The molecule has 0 radical (unpaired) electrons. The summed E-state index contributed by atoms with van der Waals surface area (Å²) in [4.78, 5) is 18.2. The van der Waals surface area contributed by atoms with Gasteiger partial charge in [-0.25, -0.2) is 4.31 Å². The molecule has 0 spiro atoms. The highest BCUT2D eigenvalue weighted by molar-refractivity contribution is 7.97. The minimum atomic E-state index is -0.124. The van der Waals surface area contributed by atoms with Crippen LogP contribution >= 0.6 is 46.8 Å². The maximum Gasteiger partial charge on any atom is 0.210 e.